The van der Waals surface area contributed by atoms with E-state index in [1.54, 1.807) is 18.2 Å². The normalized spacial score (nSPS) is 26.4. The van der Waals surface area contributed by atoms with Gasteiger partial charge >= 0.3 is 0 Å². The second-order valence-corrected chi connectivity index (χ2v) is 8.64. The molecular formula is C21H26N4O5. The summed E-state index contributed by atoms with van der Waals surface area (Å²) in [6.07, 6.45) is 0.244. The second-order valence-electron chi connectivity index (χ2n) is 8.64. The lowest BCUT2D eigenvalue weighted by molar-refractivity contribution is -0.136. The number of imide groups is 2. The predicted molar refractivity (Wildman–Crippen MR) is 107 cm³/mol. The summed E-state index contributed by atoms with van der Waals surface area (Å²) in [5.74, 6) is -1.98. The van der Waals surface area contributed by atoms with Crippen molar-refractivity contribution < 1.29 is 23.9 Å². The van der Waals surface area contributed by atoms with E-state index < -0.39 is 23.8 Å². The van der Waals surface area contributed by atoms with Crippen LogP contribution in [0.5, 0.6) is 0 Å². The van der Waals surface area contributed by atoms with Crippen LogP contribution in [0.2, 0.25) is 0 Å². The minimum absolute atomic E-state index is 0.0566. The molecule has 160 valence electrons. The number of nitrogens with zero attached hydrogens (tertiary/aromatic N) is 1. The van der Waals surface area contributed by atoms with E-state index in [1.807, 2.05) is 0 Å². The summed E-state index contributed by atoms with van der Waals surface area (Å²) < 4.78 is 5.73. The monoisotopic (exact) mass is 414 g/mol. The molecule has 4 rings (SSSR count). The fraction of sp³-hybridized carbons (Fsp3) is 0.524. The molecule has 2 fully saturated rings. The Bertz CT molecular complexity index is 913. The molecule has 2 atom stereocenters. The lowest BCUT2D eigenvalue weighted by Gasteiger charge is -2.27. The molecule has 3 aliphatic rings. The van der Waals surface area contributed by atoms with Crippen molar-refractivity contribution in [1.29, 1.82) is 0 Å². The van der Waals surface area contributed by atoms with Crippen LogP contribution in [0.15, 0.2) is 18.2 Å². The van der Waals surface area contributed by atoms with Gasteiger partial charge in [-0.2, -0.15) is 0 Å². The Morgan fingerprint density at radius 1 is 1.20 bits per heavy atom. The zero-order chi connectivity index (χ0) is 21.5. The van der Waals surface area contributed by atoms with Gasteiger partial charge in [-0.3, -0.25) is 29.4 Å². The number of nitrogens with one attached hydrogen (secondary N) is 3. The second kappa shape index (κ2) is 7.90. The number of fused-ring (bicyclic) bond motifs is 1. The summed E-state index contributed by atoms with van der Waals surface area (Å²) in [6, 6.07) is 4.24. The van der Waals surface area contributed by atoms with E-state index in [0.29, 0.717) is 36.4 Å². The molecule has 0 spiro atoms. The van der Waals surface area contributed by atoms with Gasteiger partial charge in [0.2, 0.25) is 11.8 Å². The molecule has 3 N–H and O–H groups in total. The molecule has 2 unspecified atom stereocenters. The Hall–Kier alpha value is -2.62. The molecule has 4 amide bonds. The van der Waals surface area contributed by atoms with Crippen LogP contribution in [0, 0.1) is 0 Å². The number of carbonyl (C=O) groups excluding carboxylic acids is 4. The largest absolute Gasteiger partial charge is 0.378 e. The first-order valence-electron chi connectivity index (χ1n) is 10.2. The first-order chi connectivity index (χ1) is 14.3. The number of hydrogen-bond donors (Lipinski definition) is 3. The minimum Gasteiger partial charge on any atom is -0.378 e. The molecule has 1 aromatic rings. The van der Waals surface area contributed by atoms with Gasteiger partial charge in [-0.25, -0.2) is 0 Å². The van der Waals surface area contributed by atoms with Crippen LogP contribution >= 0.6 is 0 Å². The lowest BCUT2D eigenvalue weighted by Crippen LogP contribution is -2.54. The number of amides is 4. The van der Waals surface area contributed by atoms with Gasteiger partial charge in [0.1, 0.15) is 6.04 Å². The van der Waals surface area contributed by atoms with Gasteiger partial charge in [0, 0.05) is 31.1 Å². The maximum Gasteiger partial charge on any atom is 0.262 e. The van der Waals surface area contributed by atoms with Crippen LogP contribution in [0.1, 0.15) is 53.0 Å². The molecule has 3 heterocycles. The molecule has 1 aromatic carbocycles. The van der Waals surface area contributed by atoms with Crippen molar-refractivity contribution >= 4 is 23.6 Å². The maximum absolute atomic E-state index is 13.1. The summed E-state index contributed by atoms with van der Waals surface area (Å²) >= 11 is 0. The average Bonchev–Trinajstić information content (AvgIpc) is 2.83. The van der Waals surface area contributed by atoms with Crippen molar-refractivity contribution in [3.63, 3.8) is 0 Å². The Labute approximate surface area is 174 Å². The molecule has 3 aliphatic heterocycles. The Kier molecular flexibility index (Phi) is 5.44. The van der Waals surface area contributed by atoms with E-state index in [-0.39, 0.29) is 30.3 Å². The lowest BCUT2D eigenvalue weighted by atomic mass is 10.0. The topological polar surface area (TPSA) is 117 Å². The van der Waals surface area contributed by atoms with Gasteiger partial charge < -0.3 is 15.4 Å². The highest BCUT2D eigenvalue weighted by atomic mass is 16.5. The SMILES string of the molecule is CC1(C)COCC(NCc2cccc3c2C(=O)N(C2CCC(=O)NC2=O)C3=O)CN1. The first-order valence-corrected chi connectivity index (χ1v) is 10.2. The van der Waals surface area contributed by atoms with E-state index in [1.165, 1.54) is 0 Å². The van der Waals surface area contributed by atoms with Gasteiger partial charge in [0.05, 0.1) is 24.3 Å². The fourth-order valence-corrected chi connectivity index (χ4v) is 4.08. The van der Waals surface area contributed by atoms with Crippen molar-refractivity contribution in [2.45, 2.75) is 50.9 Å². The summed E-state index contributed by atoms with van der Waals surface area (Å²) in [6.45, 7) is 6.42. The highest BCUT2D eigenvalue weighted by Crippen LogP contribution is 2.30. The van der Waals surface area contributed by atoms with Crippen LogP contribution in [0.4, 0.5) is 0 Å². The molecular weight excluding hydrogens is 388 g/mol. The van der Waals surface area contributed by atoms with Crippen molar-refractivity contribution in [2.24, 2.45) is 0 Å². The zero-order valence-electron chi connectivity index (χ0n) is 17.1. The number of benzene rings is 1. The third kappa shape index (κ3) is 3.88. The highest BCUT2D eigenvalue weighted by molar-refractivity contribution is 6.24. The number of hydrogen-bond acceptors (Lipinski definition) is 7. The van der Waals surface area contributed by atoms with E-state index in [9.17, 15) is 19.2 Å². The quantitative estimate of drug-likeness (QED) is 0.591. The Morgan fingerprint density at radius 2 is 2.00 bits per heavy atom. The Morgan fingerprint density at radius 3 is 2.77 bits per heavy atom. The Balaban J connectivity index is 1.50. The molecule has 9 heteroatoms. The van der Waals surface area contributed by atoms with Gasteiger partial charge in [-0.15, -0.1) is 0 Å². The number of rotatable bonds is 4. The van der Waals surface area contributed by atoms with Crippen LogP contribution < -0.4 is 16.0 Å². The number of ether oxygens (including phenoxy) is 1. The van der Waals surface area contributed by atoms with Gasteiger partial charge in [0.25, 0.3) is 11.8 Å². The van der Waals surface area contributed by atoms with Crippen molar-refractivity contribution in [1.82, 2.24) is 20.9 Å². The number of piperidine rings is 1. The molecule has 30 heavy (non-hydrogen) atoms. The summed E-state index contributed by atoms with van der Waals surface area (Å²) in [5.41, 5.74) is 1.21. The fourth-order valence-electron chi connectivity index (χ4n) is 4.08. The first kappa shape index (κ1) is 20.6. The average molecular weight is 414 g/mol. The third-order valence-corrected chi connectivity index (χ3v) is 5.74. The zero-order valence-corrected chi connectivity index (χ0v) is 17.1. The van der Waals surface area contributed by atoms with Crippen LogP contribution in [-0.2, 0) is 20.9 Å². The standard InChI is InChI=1S/C21H26N4O5/c1-21(2)11-30-10-13(9-23-21)22-8-12-4-3-5-14-17(12)20(29)25(19(14)28)15-6-7-16(26)24-18(15)27/h3-5,13,15,22-23H,6-11H2,1-2H3,(H,24,26,27). The summed E-state index contributed by atoms with van der Waals surface area (Å²) in [7, 11) is 0. The van der Waals surface area contributed by atoms with Crippen LogP contribution in [0.25, 0.3) is 0 Å². The summed E-state index contributed by atoms with van der Waals surface area (Å²) in [5, 5.41) is 9.05. The van der Waals surface area contributed by atoms with Gasteiger partial charge in [-0.1, -0.05) is 12.1 Å². The van der Waals surface area contributed by atoms with Gasteiger partial charge in [0.15, 0.2) is 0 Å². The highest BCUT2D eigenvalue weighted by Gasteiger charge is 2.45. The number of carbonyl (C=O) groups is 4. The van der Waals surface area contributed by atoms with Crippen molar-refractivity contribution in [2.75, 3.05) is 19.8 Å². The van der Waals surface area contributed by atoms with Crippen molar-refractivity contribution in [3.05, 3.63) is 34.9 Å². The van der Waals surface area contributed by atoms with Crippen molar-refractivity contribution in [3.8, 4) is 0 Å². The smallest absolute Gasteiger partial charge is 0.262 e. The molecule has 9 nitrogen and oxygen atoms in total. The van der Waals surface area contributed by atoms with E-state index in [2.05, 4.69) is 29.8 Å². The molecule has 0 radical (unpaired) electrons. The minimum atomic E-state index is -0.961. The maximum atomic E-state index is 13.1. The molecule has 0 aliphatic carbocycles. The van der Waals surface area contributed by atoms with E-state index in [0.717, 1.165) is 11.4 Å². The van der Waals surface area contributed by atoms with E-state index >= 15 is 0 Å². The van der Waals surface area contributed by atoms with Crippen LogP contribution in [-0.4, -0.2) is 65.9 Å². The van der Waals surface area contributed by atoms with Gasteiger partial charge in [-0.05, 0) is 31.9 Å². The molecule has 0 aromatic heterocycles. The molecule has 0 bridgehead atoms. The predicted octanol–water partition coefficient (Wildman–Crippen LogP) is -0.0556. The third-order valence-electron chi connectivity index (χ3n) is 5.74. The molecule has 2 saturated heterocycles. The summed E-state index contributed by atoms with van der Waals surface area (Å²) in [4.78, 5) is 50.7. The van der Waals surface area contributed by atoms with Crippen LogP contribution in [0.3, 0.4) is 0 Å². The van der Waals surface area contributed by atoms with E-state index in [4.69, 9.17) is 4.74 Å². The molecule has 0 saturated carbocycles.